The Morgan fingerprint density at radius 1 is 1.26 bits per heavy atom. The molecule has 0 unspecified atom stereocenters. The topological polar surface area (TPSA) is 57.7 Å². The molecule has 1 saturated heterocycles. The molecule has 2 rings (SSSR count). The van der Waals surface area contributed by atoms with Crippen LogP contribution in [0.4, 0.5) is 4.39 Å². The van der Waals surface area contributed by atoms with Crippen LogP contribution in [0.2, 0.25) is 0 Å². The highest BCUT2D eigenvalue weighted by Gasteiger charge is 2.21. The minimum atomic E-state index is -2.96. The normalized spacial score (nSPS) is 16.6. The largest absolute Gasteiger partial charge is 0.340 e. The average molecular weight is 407 g/mol. The van der Waals surface area contributed by atoms with Crippen LogP contribution in [0.15, 0.2) is 22.7 Å². The zero-order chi connectivity index (χ0) is 17.0. The maximum atomic E-state index is 13.2. The summed E-state index contributed by atoms with van der Waals surface area (Å²) < 4.78 is 35.9. The fourth-order valence-electron chi connectivity index (χ4n) is 2.45. The van der Waals surface area contributed by atoms with E-state index >= 15 is 0 Å². The second kappa shape index (κ2) is 7.72. The second-order valence-corrected chi connectivity index (χ2v) is 8.89. The molecule has 0 aromatic heterocycles. The van der Waals surface area contributed by atoms with Crippen LogP contribution in [0.25, 0.3) is 0 Å². The van der Waals surface area contributed by atoms with Gasteiger partial charge in [0.15, 0.2) is 0 Å². The number of halogens is 2. The number of carbonyl (C=O) groups excluding carboxylic acids is 1. The fraction of sp³-hybridized carbons (Fsp3) is 0.533. The molecule has 23 heavy (non-hydrogen) atoms. The van der Waals surface area contributed by atoms with Crippen LogP contribution < -0.4 is 0 Å². The Kier molecular flexibility index (Phi) is 6.16. The maximum Gasteiger partial charge on any atom is 0.227 e. The molecule has 8 heteroatoms. The molecule has 128 valence electrons. The van der Waals surface area contributed by atoms with E-state index in [1.54, 1.807) is 17.0 Å². The standard InChI is InChI=1S/C15H20BrFN2O3S/c1-23(21,22)9-8-18-4-6-19(7-5-18)15(20)11-12-2-3-14(17)13(16)10-12/h2-3,10H,4-9,11H2,1H3. The number of benzene rings is 1. The van der Waals surface area contributed by atoms with Crippen molar-refractivity contribution < 1.29 is 17.6 Å². The molecule has 0 radical (unpaired) electrons. The van der Waals surface area contributed by atoms with Gasteiger partial charge in [0.05, 0.1) is 16.6 Å². The fourth-order valence-corrected chi connectivity index (χ4v) is 3.47. The SMILES string of the molecule is CS(=O)(=O)CCN1CCN(C(=O)Cc2ccc(F)c(Br)c2)CC1. The summed E-state index contributed by atoms with van der Waals surface area (Å²) in [5.41, 5.74) is 0.766. The second-order valence-electron chi connectivity index (χ2n) is 5.78. The Bertz CT molecular complexity index is 673. The molecular formula is C15H20BrFN2O3S. The first-order valence-electron chi connectivity index (χ1n) is 7.36. The lowest BCUT2D eigenvalue weighted by Gasteiger charge is -2.34. The first kappa shape index (κ1) is 18.4. The molecule has 0 N–H and O–H groups in total. The number of carbonyl (C=O) groups is 1. The Hall–Kier alpha value is -0.990. The minimum absolute atomic E-state index is 0.00581. The molecule has 5 nitrogen and oxygen atoms in total. The maximum absolute atomic E-state index is 13.2. The summed E-state index contributed by atoms with van der Waals surface area (Å²) in [6, 6.07) is 4.58. The van der Waals surface area contributed by atoms with Crippen molar-refractivity contribution in [1.82, 2.24) is 9.80 Å². The Balaban J connectivity index is 1.82. The highest BCUT2D eigenvalue weighted by atomic mass is 79.9. The Morgan fingerprint density at radius 2 is 1.91 bits per heavy atom. The van der Waals surface area contributed by atoms with Gasteiger partial charge in [0.1, 0.15) is 15.7 Å². The number of sulfone groups is 1. The highest BCUT2D eigenvalue weighted by Crippen LogP contribution is 2.18. The van der Waals surface area contributed by atoms with Crippen LogP contribution in [0.1, 0.15) is 5.56 Å². The van der Waals surface area contributed by atoms with Crippen molar-refractivity contribution in [3.05, 3.63) is 34.1 Å². The van der Waals surface area contributed by atoms with E-state index in [-0.39, 0.29) is 23.9 Å². The third kappa shape index (κ3) is 5.86. The van der Waals surface area contributed by atoms with Crippen molar-refractivity contribution in [2.24, 2.45) is 0 Å². The first-order chi connectivity index (χ1) is 10.7. The van der Waals surface area contributed by atoms with Gasteiger partial charge in [-0.1, -0.05) is 6.07 Å². The van der Waals surface area contributed by atoms with Gasteiger partial charge in [-0.15, -0.1) is 0 Å². The minimum Gasteiger partial charge on any atom is -0.340 e. The van der Waals surface area contributed by atoms with Gasteiger partial charge >= 0.3 is 0 Å². The third-order valence-electron chi connectivity index (χ3n) is 3.84. The van der Waals surface area contributed by atoms with Crippen molar-refractivity contribution in [3.8, 4) is 0 Å². The lowest BCUT2D eigenvalue weighted by molar-refractivity contribution is -0.132. The quantitative estimate of drug-likeness (QED) is 0.739. The van der Waals surface area contributed by atoms with Gasteiger partial charge in [-0.05, 0) is 33.6 Å². The molecule has 1 aromatic carbocycles. The van der Waals surface area contributed by atoms with E-state index in [2.05, 4.69) is 20.8 Å². The van der Waals surface area contributed by atoms with Gasteiger partial charge in [0, 0.05) is 39.0 Å². The average Bonchev–Trinajstić information content (AvgIpc) is 2.49. The number of piperazine rings is 1. The zero-order valence-electron chi connectivity index (χ0n) is 13.0. The van der Waals surface area contributed by atoms with E-state index in [0.29, 0.717) is 37.2 Å². The molecule has 1 aromatic rings. The molecular weight excluding hydrogens is 387 g/mol. The van der Waals surface area contributed by atoms with E-state index in [0.717, 1.165) is 5.56 Å². The monoisotopic (exact) mass is 406 g/mol. The van der Waals surface area contributed by atoms with E-state index in [1.807, 2.05) is 0 Å². The van der Waals surface area contributed by atoms with Gasteiger partial charge in [0.2, 0.25) is 5.91 Å². The van der Waals surface area contributed by atoms with Crippen LogP contribution in [0.5, 0.6) is 0 Å². The Labute approximate surface area is 144 Å². The summed E-state index contributed by atoms with van der Waals surface area (Å²) in [6.45, 7) is 3.03. The molecule has 0 aliphatic carbocycles. The predicted molar refractivity (Wildman–Crippen MR) is 90.5 cm³/mol. The van der Waals surface area contributed by atoms with Crippen LogP contribution in [-0.4, -0.2) is 68.9 Å². The molecule has 1 aliphatic heterocycles. The summed E-state index contributed by atoms with van der Waals surface area (Å²) in [5.74, 6) is -0.197. The Morgan fingerprint density at radius 3 is 2.48 bits per heavy atom. The number of hydrogen-bond acceptors (Lipinski definition) is 4. The smallest absolute Gasteiger partial charge is 0.227 e. The summed E-state index contributed by atoms with van der Waals surface area (Å²) in [5, 5.41) is 0. The number of nitrogens with zero attached hydrogens (tertiary/aromatic N) is 2. The molecule has 0 saturated carbocycles. The van der Waals surface area contributed by atoms with Crippen LogP contribution in [0, 0.1) is 5.82 Å². The molecule has 0 bridgehead atoms. The van der Waals surface area contributed by atoms with E-state index in [1.165, 1.54) is 12.3 Å². The van der Waals surface area contributed by atoms with Gasteiger partial charge in [0.25, 0.3) is 0 Å². The summed E-state index contributed by atoms with van der Waals surface area (Å²) in [4.78, 5) is 16.1. The van der Waals surface area contributed by atoms with Crippen molar-refractivity contribution in [2.75, 3.05) is 44.7 Å². The molecule has 1 amide bonds. The van der Waals surface area contributed by atoms with Gasteiger partial charge < -0.3 is 4.90 Å². The van der Waals surface area contributed by atoms with Crippen LogP contribution in [0.3, 0.4) is 0 Å². The van der Waals surface area contributed by atoms with Gasteiger partial charge in [-0.2, -0.15) is 0 Å². The van der Waals surface area contributed by atoms with Crippen LogP contribution in [-0.2, 0) is 21.1 Å². The lowest BCUT2D eigenvalue weighted by Crippen LogP contribution is -2.50. The van der Waals surface area contributed by atoms with Crippen LogP contribution >= 0.6 is 15.9 Å². The number of amides is 1. The molecule has 0 atom stereocenters. The van der Waals surface area contributed by atoms with E-state index in [9.17, 15) is 17.6 Å². The van der Waals surface area contributed by atoms with Gasteiger partial charge in [-0.3, -0.25) is 9.69 Å². The number of rotatable bonds is 5. The van der Waals surface area contributed by atoms with Crippen molar-refractivity contribution in [3.63, 3.8) is 0 Å². The van der Waals surface area contributed by atoms with Crippen molar-refractivity contribution >= 4 is 31.7 Å². The predicted octanol–water partition coefficient (Wildman–Crippen LogP) is 1.32. The highest BCUT2D eigenvalue weighted by molar-refractivity contribution is 9.10. The summed E-state index contributed by atoms with van der Waals surface area (Å²) in [7, 11) is -2.96. The van der Waals surface area contributed by atoms with Crippen molar-refractivity contribution in [1.29, 1.82) is 0 Å². The molecule has 1 heterocycles. The van der Waals surface area contributed by atoms with Gasteiger partial charge in [-0.25, -0.2) is 12.8 Å². The van der Waals surface area contributed by atoms with E-state index in [4.69, 9.17) is 0 Å². The summed E-state index contributed by atoms with van der Waals surface area (Å²) >= 11 is 3.12. The lowest BCUT2D eigenvalue weighted by atomic mass is 10.1. The number of hydrogen-bond donors (Lipinski definition) is 0. The molecule has 1 fully saturated rings. The molecule has 0 spiro atoms. The third-order valence-corrected chi connectivity index (χ3v) is 5.37. The van der Waals surface area contributed by atoms with Crippen molar-refractivity contribution in [2.45, 2.75) is 6.42 Å². The molecule has 1 aliphatic rings. The summed E-state index contributed by atoms with van der Waals surface area (Å²) in [6.07, 6.45) is 1.47. The zero-order valence-corrected chi connectivity index (χ0v) is 15.4. The first-order valence-corrected chi connectivity index (χ1v) is 10.2. The van der Waals surface area contributed by atoms with E-state index < -0.39 is 9.84 Å².